The molecule has 0 aliphatic carbocycles. The molecule has 70 valence electrons. The van der Waals surface area contributed by atoms with Crippen LogP contribution in [0.15, 0.2) is 12.1 Å². The number of hydrogen-bond acceptors (Lipinski definition) is 2. The Balaban J connectivity index is 3.23. The van der Waals surface area contributed by atoms with Gasteiger partial charge < -0.3 is 4.74 Å². The molecule has 1 rings (SSSR count). The van der Waals surface area contributed by atoms with E-state index in [1.807, 2.05) is 0 Å². The quantitative estimate of drug-likeness (QED) is 0.452. The number of methoxy groups -OCH3 is 1. The zero-order valence-corrected chi connectivity index (χ0v) is 8.76. The average molecular weight is 298 g/mol. The molecule has 0 aliphatic heterocycles. The van der Waals surface area contributed by atoms with Crippen LogP contribution in [0.2, 0.25) is 0 Å². The van der Waals surface area contributed by atoms with Gasteiger partial charge in [-0.15, -0.1) is 0 Å². The summed E-state index contributed by atoms with van der Waals surface area (Å²) in [6.07, 6.45) is 0. The lowest BCUT2D eigenvalue weighted by molar-refractivity contribution is 0.0595. The van der Waals surface area contributed by atoms with E-state index in [0.29, 0.717) is 0 Å². The molecule has 0 radical (unpaired) electrons. The van der Waals surface area contributed by atoms with Gasteiger partial charge in [0.25, 0.3) is 0 Å². The molecular formula is C8H5F2IO2. The SMILES string of the molecule is COC(=O)c1cc(F)c(I)cc1F. The maximum atomic E-state index is 13.0. The van der Waals surface area contributed by atoms with Crippen LogP contribution in [0.1, 0.15) is 10.4 Å². The predicted molar refractivity (Wildman–Crippen MR) is 50.4 cm³/mol. The first-order chi connectivity index (χ1) is 6.06. The monoisotopic (exact) mass is 298 g/mol. The highest BCUT2D eigenvalue weighted by atomic mass is 127. The fourth-order valence-electron chi connectivity index (χ4n) is 0.789. The van der Waals surface area contributed by atoms with Crippen molar-refractivity contribution in [1.29, 1.82) is 0 Å². The van der Waals surface area contributed by atoms with Crippen molar-refractivity contribution in [2.45, 2.75) is 0 Å². The molecule has 0 unspecified atom stereocenters. The fourth-order valence-corrected chi connectivity index (χ4v) is 1.22. The number of ether oxygens (including phenoxy) is 1. The van der Waals surface area contributed by atoms with Crippen LogP contribution in [0.3, 0.4) is 0 Å². The van der Waals surface area contributed by atoms with Crippen molar-refractivity contribution >= 4 is 28.6 Å². The number of esters is 1. The van der Waals surface area contributed by atoms with Crippen LogP contribution in [0.25, 0.3) is 0 Å². The molecule has 0 aliphatic rings. The summed E-state index contributed by atoms with van der Waals surface area (Å²) < 4.78 is 30.3. The van der Waals surface area contributed by atoms with E-state index >= 15 is 0 Å². The number of halogens is 3. The molecule has 5 heteroatoms. The van der Waals surface area contributed by atoms with Gasteiger partial charge >= 0.3 is 5.97 Å². The summed E-state index contributed by atoms with van der Waals surface area (Å²) in [4.78, 5) is 10.9. The summed E-state index contributed by atoms with van der Waals surface area (Å²) >= 11 is 1.64. The second-order valence-corrected chi connectivity index (χ2v) is 3.40. The first-order valence-electron chi connectivity index (χ1n) is 3.29. The highest BCUT2D eigenvalue weighted by Crippen LogP contribution is 2.17. The predicted octanol–water partition coefficient (Wildman–Crippen LogP) is 2.36. The lowest BCUT2D eigenvalue weighted by Crippen LogP contribution is -2.05. The molecule has 0 bridgehead atoms. The molecule has 0 atom stereocenters. The number of benzene rings is 1. The van der Waals surface area contributed by atoms with Crippen LogP contribution in [0.4, 0.5) is 8.78 Å². The third kappa shape index (κ3) is 2.15. The lowest BCUT2D eigenvalue weighted by atomic mass is 10.2. The molecule has 1 aromatic rings. The minimum atomic E-state index is -0.882. The van der Waals surface area contributed by atoms with E-state index in [2.05, 4.69) is 4.74 Å². The van der Waals surface area contributed by atoms with E-state index in [1.54, 1.807) is 22.6 Å². The Morgan fingerprint density at radius 1 is 1.38 bits per heavy atom. The topological polar surface area (TPSA) is 26.3 Å². The average Bonchev–Trinajstić information content (AvgIpc) is 2.10. The van der Waals surface area contributed by atoms with Crippen LogP contribution >= 0.6 is 22.6 Å². The van der Waals surface area contributed by atoms with Gasteiger partial charge in [0.15, 0.2) is 0 Å². The lowest BCUT2D eigenvalue weighted by Gasteiger charge is -2.01. The minimum absolute atomic E-state index is 0.128. The van der Waals surface area contributed by atoms with Crippen LogP contribution in [0, 0.1) is 15.2 Å². The number of carbonyl (C=O) groups is 1. The van der Waals surface area contributed by atoms with E-state index in [-0.39, 0.29) is 9.13 Å². The van der Waals surface area contributed by atoms with E-state index in [9.17, 15) is 13.6 Å². The summed E-state index contributed by atoms with van der Waals surface area (Å²) in [5.74, 6) is -2.30. The first kappa shape index (κ1) is 10.4. The van der Waals surface area contributed by atoms with Crippen molar-refractivity contribution in [3.05, 3.63) is 32.9 Å². The number of carbonyl (C=O) groups excluding carboxylic acids is 1. The van der Waals surface area contributed by atoms with Gasteiger partial charge in [-0.3, -0.25) is 0 Å². The van der Waals surface area contributed by atoms with Gasteiger partial charge in [0.1, 0.15) is 11.6 Å². The largest absolute Gasteiger partial charge is 0.465 e. The maximum absolute atomic E-state index is 13.0. The second-order valence-electron chi connectivity index (χ2n) is 2.24. The number of hydrogen-bond donors (Lipinski definition) is 0. The standard InChI is InChI=1S/C8H5F2IO2/c1-13-8(12)4-2-6(10)7(11)3-5(4)9/h2-3H,1H3. The molecule has 1 aromatic carbocycles. The van der Waals surface area contributed by atoms with Crippen LogP contribution in [0.5, 0.6) is 0 Å². The van der Waals surface area contributed by atoms with Gasteiger partial charge in [0, 0.05) is 0 Å². The van der Waals surface area contributed by atoms with Gasteiger partial charge in [-0.1, -0.05) is 0 Å². The normalized spacial score (nSPS) is 9.85. The third-order valence-electron chi connectivity index (χ3n) is 1.42. The summed E-state index contributed by atoms with van der Waals surface area (Å²) in [6, 6.07) is 1.77. The zero-order valence-electron chi connectivity index (χ0n) is 6.61. The molecular weight excluding hydrogens is 293 g/mol. The van der Waals surface area contributed by atoms with Crippen molar-refractivity contribution in [3.63, 3.8) is 0 Å². The van der Waals surface area contributed by atoms with Gasteiger partial charge in [-0.05, 0) is 34.7 Å². The molecule has 2 nitrogen and oxygen atoms in total. The molecule has 0 heterocycles. The minimum Gasteiger partial charge on any atom is -0.465 e. The molecule has 0 amide bonds. The summed E-state index contributed by atoms with van der Waals surface area (Å²) in [5.41, 5.74) is -0.389. The van der Waals surface area contributed by atoms with Gasteiger partial charge in [-0.25, -0.2) is 13.6 Å². The van der Waals surface area contributed by atoms with E-state index in [1.165, 1.54) is 0 Å². The Labute approximate surface area is 87.0 Å². The molecule has 0 saturated heterocycles. The molecule has 0 N–H and O–H groups in total. The summed E-state index contributed by atoms with van der Waals surface area (Å²) in [6.45, 7) is 0. The van der Waals surface area contributed by atoms with Crippen molar-refractivity contribution < 1.29 is 18.3 Å². The van der Waals surface area contributed by atoms with Crippen LogP contribution in [-0.4, -0.2) is 13.1 Å². The Hall–Kier alpha value is -0.720. The number of rotatable bonds is 1. The Bertz CT molecular complexity index is 352. The molecule has 0 saturated carbocycles. The van der Waals surface area contributed by atoms with Crippen LogP contribution in [-0.2, 0) is 4.74 Å². The smallest absolute Gasteiger partial charge is 0.340 e. The van der Waals surface area contributed by atoms with Crippen molar-refractivity contribution in [2.75, 3.05) is 7.11 Å². The summed E-state index contributed by atoms with van der Waals surface area (Å²) in [7, 11) is 1.11. The van der Waals surface area contributed by atoms with Crippen molar-refractivity contribution in [3.8, 4) is 0 Å². The van der Waals surface area contributed by atoms with Crippen molar-refractivity contribution in [2.24, 2.45) is 0 Å². The Morgan fingerprint density at radius 2 is 2.00 bits per heavy atom. The van der Waals surface area contributed by atoms with E-state index < -0.39 is 17.6 Å². The summed E-state index contributed by atoms with van der Waals surface area (Å²) in [5, 5.41) is 0. The Kier molecular flexibility index (Phi) is 3.18. The van der Waals surface area contributed by atoms with E-state index in [0.717, 1.165) is 19.2 Å². The third-order valence-corrected chi connectivity index (χ3v) is 2.24. The van der Waals surface area contributed by atoms with Gasteiger partial charge in [0.2, 0.25) is 0 Å². The first-order valence-corrected chi connectivity index (χ1v) is 4.37. The highest BCUT2D eigenvalue weighted by Gasteiger charge is 2.14. The molecule has 0 aromatic heterocycles. The maximum Gasteiger partial charge on any atom is 0.340 e. The van der Waals surface area contributed by atoms with Gasteiger partial charge in [-0.2, -0.15) is 0 Å². The second kappa shape index (κ2) is 3.99. The fraction of sp³-hybridized carbons (Fsp3) is 0.125. The molecule has 0 fully saturated rings. The highest BCUT2D eigenvalue weighted by molar-refractivity contribution is 14.1. The zero-order chi connectivity index (χ0) is 10.0. The van der Waals surface area contributed by atoms with Gasteiger partial charge in [0.05, 0.1) is 16.2 Å². The van der Waals surface area contributed by atoms with Crippen LogP contribution < -0.4 is 0 Å². The van der Waals surface area contributed by atoms with E-state index in [4.69, 9.17) is 0 Å². The molecule has 0 spiro atoms. The van der Waals surface area contributed by atoms with Crippen molar-refractivity contribution in [1.82, 2.24) is 0 Å². The molecule has 13 heavy (non-hydrogen) atoms. The Morgan fingerprint density at radius 3 is 2.54 bits per heavy atom.